The number of thiophene rings is 1. The van der Waals surface area contributed by atoms with Gasteiger partial charge in [0.05, 0.1) is 0 Å². The SMILES string of the molecule is Cc1cc2ccc(C3CCNCC3)cc2s1. The van der Waals surface area contributed by atoms with E-state index in [9.17, 15) is 0 Å². The number of piperidine rings is 1. The van der Waals surface area contributed by atoms with Crippen LogP contribution in [0.2, 0.25) is 0 Å². The van der Waals surface area contributed by atoms with Gasteiger partial charge in [-0.25, -0.2) is 0 Å². The first-order valence-corrected chi connectivity index (χ1v) is 6.85. The molecule has 0 amide bonds. The van der Waals surface area contributed by atoms with Crippen molar-refractivity contribution in [3.8, 4) is 0 Å². The molecule has 3 rings (SSSR count). The normalized spacial score (nSPS) is 18.1. The minimum absolute atomic E-state index is 0.771. The van der Waals surface area contributed by atoms with Gasteiger partial charge >= 0.3 is 0 Å². The van der Waals surface area contributed by atoms with Crippen molar-refractivity contribution in [2.45, 2.75) is 25.7 Å². The molecule has 0 spiro atoms. The Balaban J connectivity index is 1.97. The Bertz CT molecular complexity index is 494. The fourth-order valence-corrected chi connectivity index (χ4v) is 3.56. The zero-order valence-electron chi connectivity index (χ0n) is 9.62. The Labute approximate surface area is 100 Å². The number of benzene rings is 1. The molecule has 0 bridgehead atoms. The van der Waals surface area contributed by atoms with Crippen LogP contribution in [0, 0.1) is 6.92 Å². The van der Waals surface area contributed by atoms with Crippen molar-refractivity contribution >= 4 is 21.4 Å². The summed E-state index contributed by atoms with van der Waals surface area (Å²) in [5.74, 6) is 0.771. The monoisotopic (exact) mass is 231 g/mol. The molecule has 1 saturated heterocycles. The predicted octanol–water partition coefficient (Wildman–Crippen LogP) is 3.68. The van der Waals surface area contributed by atoms with Gasteiger partial charge in [-0.15, -0.1) is 11.3 Å². The predicted molar refractivity (Wildman–Crippen MR) is 71.4 cm³/mol. The Hall–Kier alpha value is -0.860. The third-order valence-electron chi connectivity index (χ3n) is 3.48. The molecule has 0 aliphatic carbocycles. The van der Waals surface area contributed by atoms with Gasteiger partial charge in [-0.1, -0.05) is 12.1 Å². The average Bonchev–Trinajstić information content (AvgIpc) is 2.69. The van der Waals surface area contributed by atoms with Crippen LogP contribution in [0.25, 0.3) is 10.1 Å². The summed E-state index contributed by atoms with van der Waals surface area (Å²) < 4.78 is 1.45. The maximum absolute atomic E-state index is 3.43. The minimum atomic E-state index is 0.771. The highest BCUT2D eigenvalue weighted by molar-refractivity contribution is 7.19. The number of aryl methyl sites for hydroxylation is 1. The smallest absolute Gasteiger partial charge is 0.0348 e. The molecule has 1 fully saturated rings. The van der Waals surface area contributed by atoms with Crippen LogP contribution in [0.1, 0.15) is 29.2 Å². The fraction of sp³-hybridized carbons (Fsp3) is 0.429. The van der Waals surface area contributed by atoms with Crippen molar-refractivity contribution in [3.05, 3.63) is 34.7 Å². The van der Waals surface area contributed by atoms with E-state index >= 15 is 0 Å². The maximum atomic E-state index is 3.43. The number of hydrogen-bond donors (Lipinski definition) is 1. The summed E-state index contributed by atoms with van der Waals surface area (Å²) in [5.41, 5.74) is 1.54. The summed E-state index contributed by atoms with van der Waals surface area (Å²) in [6.45, 7) is 4.53. The Morgan fingerprint density at radius 3 is 2.81 bits per heavy atom. The molecule has 0 saturated carbocycles. The third kappa shape index (κ3) is 1.87. The largest absolute Gasteiger partial charge is 0.317 e. The van der Waals surface area contributed by atoms with Crippen LogP contribution < -0.4 is 5.32 Å². The van der Waals surface area contributed by atoms with Gasteiger partial charge in [0.25, 0.3) is 0 Å². The Morgan fingerprint density at radius 2 is 2.00 bits per heavy atom. The first-order valence-electron chi connectivity index (χ1n) is 6.04. The molecule has 2 heterocycles. The van der Waals surface area contributed by atoms with E-state index in [-0.39, 0.29) is 0 Å². The van der Waals surface area contributed by atoms with Crippen molar-refractivity contribution < 1.29 is 0 Å². The molecule has 0 atom stereocenters. The van der Waals surface area contributed by atoms with Crippen LogP contribution in [0.15, 0.2) is 24.3 Å². The van der Waals surface area contributed by atoms with E-state index < -0.39 is 0 Å². The lowest BCUT2D eigenvalue weighted by Crippen LogP contribution is -2.26. The second-order valence-electron chi connectivity index (χ2n) is 4.68. The molecular formula is C14H17NS. The van der Waals surface area contributed by atoms with Crippen molar-refractivity contribution in [1.82, 2.24) is 5.32 Å². The first kappa shape index (κ1) is 10.3. The third-order valence-corrected chi connectivity index (χ3v) is 4.49. The lowest BCUT2D eigenvalue weighted by atomic mass is 9.90. The number of rotatable bonds is 1. The molecule has 1 aromatic heterocycles. The van der Waals surface area contributed by atoms with Crippen molar-refractivity contribution in [3.63, 3.8) is 0 Å². The van der Waals surface area contributed by atoms with Crippen LogP contribution in [0.4, 0.5) is 0 Å². The van der Waals surface area contributed by atoms with Crippen LogP contribution >= 0.6 is 11.3 Å². The highest BCUT2D eigenvalue weighted by Crippen LogP contribution is 2.31. The van der Waals surface area contributed by atoms with E-state index in [0.29, 0.717) is 0 Å². The lowest BCUT2D eigenvalue weighted by Gasteiger charge is -2.22. The standard InChI is InChI=1S/C14H17NS/c1-10-8-13-3-2-12(9-14(13)16-10)11-4-6-15-7-5-11/h2-3,8-9,11,15H,4-7H2,1H3. The summed E-state index contributed by atoms with van der Waals surface area (Å²) in [7, 11) is 0. The first-order chi connectivity index (χ1) is 7.83. The van der Waals surface area contributed by atoms with Crippen LogP contribution in [-0.4, -0.2) is 13.1 Å². The molecule has 16 heavy (non-hydrogen) atoms. The van der Waals surface area contributed by atoms with E-state index in [1.54, 1.807) is 0 Å². The van der Waals surface area contributed by atoms with E-state index in [1.807, 2.05) is 11.3 Å². The highest BCUT2D eigenvalue weighted by atomic mass is 32.1. The molecule has 1 aliphatic rings. The molecule has 2 aromatic rings. The minimum Gasteiger partial charge on any atom is -0.317 e. The molecule has 2 heteroatoms. The van der Waals surface area contributed by atoms with Gasteiger partial charge < -0.3 is 5.32 Å². The lowest BCUT2D eigenvalue weighted by molar-refractivity contribution is 0.461. The van der Waals surface area contributed by atoms with Gasteiger partial charge in [0.1, 0.15) is 0 Å². The van der Waals surface area contributed by atoms with Gasteiger partial charge in [-0.2, -0.15) is 0 Å². The molecular weight excluding hydrogens is 214 g/mol. The molecule has 0 radical (unpaired) electrons. The quantitative estimate of drug-likeness (QED) is 0.789. The average molecular weight is 231 g/mol. The fourth-order valence-electron chi connectivity index (χ4n) is 2.59. The van der Waals surface area contributed by atoms with Gasteiger partial charge in [-0.3, -0.25) is 0 Å². The van der Waals surface area contributed by atoms with Gasteiger partial charge in [0.15, 0.2) is 0 Å². The van der Waals surface area contributed by atoms with Gasteiger partial charge in [-0.05, 0) is 61.9 Å². The number of hydrogen-bond acceptors (Lipinski definition) is 2. The molecule has 1 aliphatic heterocycles. The molecule has 84 valence electrons. The summed E-state index contributed by atoms with van der Waals surface area (Å²) in [4.78, 5) is 1.41. The number of nitrogens with one attached hydrogen (secondary N) is 1. The molecule has 1 nitrogen and oxygen atoms in total. The zero-order chi connectivity index (χ0) is 11.0. The van der Waals surface area contributed by atoms with Gasteiger partial charge in [0, 0.05) is 9.58 Å². The highest BCUT2D eigenvalue weighted by Gasteiger charge is 2.15. The Morgan fingerprint density at radius 1 is 1.19 bits per heavy atom. The second-order valence-corrected chi connectivity index (χ2v) is 5.97. The summed E-state index contributed by atoms with van der Waals surface area (Å²) in [6, 6.07) is 9.30. The summed E-state index contributed by atoms with van der Waals surface area (Å²) in [5, 5.41) is 4.83. The Kier molecular flexibility index (Phi) is 2.70. The van der Waals surface area contributed by atoms with E-state index in [2.05, 4.69) is 36.5 Å². The zero-order valence-corrected chi connectivity index (χ0v) is 10.4. The van der Waals surface area contributed by atoms with Crippen LogP contribution in [0.5, 0.6) is 0 Å². The van der Waals surface area contributed by atoms with Crippen LogP contribution in [-0.2, 0) is 0 Å². The van der Waals surface area contributed by atoms with Crippen LogP contribution in [0.3, 0.4) is 0 Å². The van der Waals surface area contributed by atoms with E-state index in [1.165, 1.54) is 46.5 Å². The van der Waals surface area contributed by atoms with Crippen molar-refractivity contribution in [2.75, 3.05) is 13.1 Å². The van der Waals surface area contributed by atoms with E-state index in [4.69, 9.17) is 0 Å². The number of fused-ring (bicyclic) bond motifs is 1. The van der Waals surface area contributed by atoms with E-state index in [0.717, 1.165) is 5.92 Å². The summed E-state index contributed by atoms with van der Waals surface area (Å²) in [6.07, 6.45) is 2.58. The molecule has 1 N–H and O–H groups in total. The van der Waals surface area contributed by atoms with Crippen molar-refractivity contribution in [2.24, 2.45) is 0 Å². The molecule has 0 unspecified atom stereocenters. The van der Waals surface area contributed by atoms with Gasteiger partial charge in [0.2, 0.25) is 0 Å². The van der Waals surface area contributed by atoms with Crippen molar-refractivity contribution in [1.29, 1.82) is 0 Å². The topological polar surface area (TPSA) is 12.0 Å². The summed E-state index contributed by atoms with van der Waals surface area (Å²) >= 11 is 1.91. The molecule has 1 aromatic carbocycles. The second kappa shape index (κ2) is 4.19. The maximum Gasteiger partial charge on any atom is 0.0348 e.